The summed E-state index contributed by atoms with van der Waals surface area (Å²) in [4.78, 5) is 42.4. The fraction of sp³-hybridized carbons (Fsp3) is 0.500. The lowest BCUT2D eigenvalue weighted by molar-refractivity contribution is -0.141. The second-order valence-electron chi connectivity index (χ2n) is 18.4. The monoisotopic (exact) mass is 904 g/mol. The Kier molecular flexibility index (Phi) is 13.3. The van der Waals surface area contributed by atoms with E-state index in [1.807, 2.05) is 81.7 Å². The van der Waals surface area contributed by atoms with E-state index >= 15 is 0 Å². The second-order valence-corrected chi connectivity index (χ2v) is 19.3. The van der Waals surface area contributed by atoms with Crippen molar-refractivity contribution >= 4 is 34.7 Å². The van der Waals surface area contributed by atoms with E-state index in [9.17, 15) is 19.8 Å². The van der Waals surface area contributed by atoms with Crippen molar-refractivity contribution in [3.63, 3.8) is 0 Å². The van der Waals surface area contributed by atoms with Crippen LogP contribution in [0.4, 0.5) is 11.5 Å². The second kappa shape index (κ2) is 19.5. The van der Waals surface area contributed by atoms with Crippen molar-refractivity contribution in [3.05, 3.63) is 83.2 Å². The van der Waals surface area contributed by atoms with Crippen molar-refractivity contribution in [2.75, 3.05) is 75.7 Å². The van der Waals surface area contributed by atoms with Crippen LogP contribution in [-0.4, -0.2) is 141 Å². The number of β-amino-alcohol motifs (C(OH)–C–C–N with tert-alkyl or cyclic N) is 1. The number of phenols is 1. The Morgan fingerprint density at radius 1 is 1.00 bits per heavy atom. The topological polar surface area (TPSA) is 186 Å². The highest BCUT2D eigenvalue weighted by atomic mass is 32.1. The largest absolute Gasteiger partial charge is 0.507 e. The number of hydrogen-bond acceptors (Lipinski definition) is 15. The smallest absolute Gasteiger partial charge is 0.254 e. The Balaban J connectivity index is 0.725. The number of piperidine rings is 1. The number of para-hydroxylation sites is 1. The van der Waals surface area contributed by atoms with Crippen LogP contribution in [0.1, 0.15) is 69.0 Å². The van der Waals surface area contributed by atoms with Gasteiger partial charge in [-0.05, 0) is 86.1 Å². The number of piperazine rings is 1. The Bertz CT molecular complexity index is 2440. The number of aliphatic hydroxyl groups excluding tert-OH is 1. The van der Waals surface area contributed by atoms with Crippen molar-refractivity contribution < 1.29 is 29.1 Å². The maximum atomic E-state index is 14.2. The first-order valence-corrected chi connectivity index (χ1v) is 23.9. The van der Waals surface area contributed by atoms with Gasteiger partial charge in [-0.1, -0.05) is 50.2 Å². The predicted octanol–water partition coefficient (Wildman–Crippen LogP) is 5.56. The molecule has 3 aromatic heterocycles. The Morgan fingerprint density at radius 3 is 2.55 bits per heavy atom. The van der Waals surface area contributed by atoms with Gasteiger partial charge in [-0.15, -0.1) is 21.5 Å². The van der Waals surface area contributed by atoms with E-state index in [-0.39, 0.29) is 42.5 Å². The summed E-state index contributed by atoms with van der Waals surface area (Å²) in [7, 11) is 0. The number of carbonyl (C=O) groups excluding carboxylic acids is 2. The van der Waals surface area contributed by atoms with Gasteiger partial charge in [-0.25, -0.2) is 4.98 Å². The Labute approximate surface area is 384 Å². The van der Waals surface area contributed by atoms with Gasteiger partial charge in [0.05, 0.1) is 45.7 Å². The predicted molar refractivity (Wildman–Crippen MR) is 249 cm³/mol. The standard InChI is InChI=1S/C48H60N10O6S/c1-29(2)44(48(62)58-27-36(59)21-40(58)47(61)51-30(3)33-9-11-34(12-10-33)45-31(4)50-28-65-45)42-23-43(54-64-42)63-20-19-55-15-13-32(14-16-55)25-56-17-18-57-35(26-56)24-49-46-39(57)22-38(52-53-46)37-7-5-6-8-41(37)60/h5-12,22-23,28-30,32,35-36,40,44,59-60H,13-21,24-27H2,1-4H3,(H,49,53)(H,51,61)/t30-,35-,36+,40-,44+/m0/s1. The zero-order valence-electron chi connectivity index (χ0n) is 37.6. The number of nitrogens with one attached hydrogen (secondary N) is 2. The van der Waals surface area contributed by atoms with Gasteiger partial charge >= 0.3 is 0 Å². The van der Waals surface area contributed by atoms with Crippen LogP contribution in [0.2, 0.25) is 0 Å². The van der Waals surface area contributed by atoms with Crippen molar-refractivity contribution in [1.29, 1.82) is 0 Å². The minimum absolute atomic E-state index is 0.0643. The summed E-state index contributed by atoms with van der Waals surface area (Å²) in [6.45, 7) is 15.8. The minimum atomic E-state index is -0.817. The summed E-state index contributed by atoms with van der Waals surface area (Å²) in [6.07, 6.45) is 1.60. The van der Waals surface area contributed by atoms with Crippen LogP contribution < -0.4 is 20.3 Å². The van der Waals surface area contributed by atoms with E-state index in [0.717, 1.165) is 98.4 Å². The highest BCUT2D eigenvalue weighted by Crippen LogP contribution is 2.37. The molecule has 3 saturated heterocycles. The van der Waals surface area contributed by atoms with Crippen LogP contribution in [0.3, 0.4) is 0 Å². The molecule has 65 heavy (non-hydrogen) atoms. The first kappa shape index (κ1) is 44.6. The van der Waals surface area contributed by atoms with Gasteiger partial charge in [0.1, 0.15) is 24.3 Å². The molecular weight excluding hydrogens is 845 g/mol. The molecule has 5 aromatic rings. The number of rotatable bonds is 14. The van der Waals surface area contributed by atoms with E-state index < -0.39 is 18.1 Å². The van der Waals surface area contributed by atoms with Crippen molar-refractivity contribution in [2.45, 2.75) is 77.1 Å². The first-order valence-electron chi connectivity index (χ1n) is 23.0. The summed E-state index contributed by atoms with van der Waals surface area (Å²) in [6, 6.07) is 18.3. The zero-order valence-corrected chi connectivity index (χ0v) is 38.4. The van der Waals surface area contributed by atoms with Crippen molar-refractivity contribution in [3.8, 4) is 33.3 Å². The number of benzene rings is 2. The molecule has 0 spiro atoms. The number of aromatic nitrogens is 4. The third-order valence-corrected chi connectivity index (χ3v) is 14.6. The van der Waals surface area contributed by atoms with E-state index in [2.05, 4.69) is 45.7 Å². The fourth-order valence-electron chi connectivity index (χ4n) is 9.98. The highest BCUT2D eigenvalue weighted by Gasteiger charge is 2.44. The number of carbonyl (C=O) groups is 2. The molecule has 0 aliphatic carbocycles. The summed E-state index contributed by atoms with van der Waals surface area (Å²) in [5.41, 5.74) is 7.23. The fourth-order valence-corrected chi connectivity index (χ4v) is 10.8. The normalized spacial score (nSPS) is 21.4. The molecule has 9 rings (SSSR count). The molecule has 2 amide bonds. The molecule has 4 aliphatic rings. The van der Waals surface area contributed by atoms with E-state index in [1.54, 1.807) is 23.5 Å². The first-order chi connectivity index (χ1) is 31.5. The van der Waals surface area contributed by atoms with E-state index in [4.69, 9.17) is 9.26 Å². The van der Waals surface area contributed by atoms with Crippen LogP contribution in [0, 0.1) is 18.8 Å². The number of ether oxygens (including phenoxy) is 1. The van der Waals surface area contributed by atoms with Gasteiger partial charge in [-0.3, -0.25) is 19.4 Å². The number of aromatic hydroxyl groups is 1. The molecule has 0 saturated carbocycles. The molecule has 7 heterocycles. The number of fused-ring (bicyclic) bond motifs is 3. The molecule has 4 N–H and O–H groups in total. The highest BCUT2D eigenvalue weighted by molar-refractivity contribution is 7.13. The molecule has 0 radical (unpaired) electrons. The number of aryl methyl sites for hydroxylation is 1. The molecule has 2 aromatic carbocycles. The minimum Gasteiger partial charge on any atom is -0.507 e. The van der Waals surface area contributed by atoms with Crippen LogP contribution in [0.15, 0.2) is 70.7 Å². The Morgan fingerprint density at radius 2 is 1.80 bits per heavy atom. The third kappa shape index (κ3) is 9.83. The number of anilines is 2. The number of aliphatic hydroxyl groups is 1. The summed E-state index contributed by atoms with van der Waals surface area (Å²) in [5, 5.41) is 40.7. The molecule has 5 atom stereocenters. The van der Waals surface area contributed by atoms with Crippen molar-refractivity contribution in [1.82, 2.24) is 40.4 Å². The number of thiazole rings is 1. The molecule has 344 valence electrons. The lowest BCUT2D eigenvalue weighted by Gasteiger charge is -2.47. The number of nitrogens with zero attached hydrogens (tertiary/aromatic N) is 8. The number of likely N-dealkylation sites (tertiary alicyclic amines) is 2. The lowest BCUT2D eigenvalue weighted by Crippen LogP contribution is -2.58. The molecule has 16 nitrogen and oxygen atoms in total. The molecule has 4 aliphatic heterocycles. The van der Waals surface area contributed by atoms with Gasteiger partial charge in [0, 0.05) is 63.9 Å². The van der Waals surface area contributed by atoms with Crippen molar-refractivity contribution in [2.24, 2.45) is 11.8 Å². The third-order valence-electron chi connectivity index (χ3n) is 13.6. The van der Waals surface area contributed by atoms with Gasteiger partial charge in [0.2, 0.25) is 11.8 Å². The number of hydrogen-bond donors (Lipinski definition) is 4. The van der Waals surface area contributed by atoms with Crippen LogP contribution in [0.5, 0.6) is 11.6 Å². The van der Waals surface area contributed by atoms with Crippen LogP contribution in [-0.2, 0) is 9.59 Å². The van der Waals surface area contributed by atoms with Gasteiger partial charge in [0.25, 0.3) is 5.88 Å². The molecule has 3 fully saturated rings. The van der Waals surface area contributed by atoms with Crippen LogP contribution in [0.25, 0.3) is 21.7 Å². The number of amides is 2. The lowest BCUT2D eigenvalue weighted by atomic mass is 9.91. The Hall–Kier alpha value is -5.62. The van der Waals surface area contributed by atoms with E-state index in [1.165, 1.54) is 4.90 Å². The molecule has 17 heteroatoms. The summed E-state index contributed by atoms with van der Waals surface area (Å²) in [5.74, 6) is 0.887. The number of phenolic OH excluding ortho intramolecular Hbond substituents is 1. The summed E-state index contributed by atoms with van der Waals surface area (Å²) >= 11 is 1.59. The van der Waals surface area contributed by atoms with E-state index in [0.29, 0.717) is 41.5 Å². The SMILES string of the molecule is Cc1ncsc1-c1ccc([C@H](C)NC(=O)[C@@H]2C[C@@H](O)CN2C(=O)[C@@H](c2cc(OCCN3CCC(CN4CCN5c6cc(-c7ccccc7O)nnc6NC[C@H]5C4)CC3)no2)C(C)C)cc1. The molecule has 0 bridgehead atoms. The quantitative estimate of drug-likeness (QED) is 0.109. The average molecular weight is 905 g/mol. The van der Waals surface area contributed by atoms with Gasteiger partial charge in [-0.2, -0.15) is 0 Å². The van der Waals surface area contributed by atoms with Gasteiger partial charge in [0.15, 0.2) is 11.6 Å². The zero-order chi connectivity index (χ0) is 45.2. The molecular formula is C48H60N10O6S. The maximum Gasteiger partial charge on any atom is 0.254 e. The maximum absolute atomic E-state index is 14.2. The summed E-state index contributed by atoms with van der Waals surface area (Å²) < 4.78 is 11.8. The van der Waals surface area contributed by atoms with Crippen LogP contribution >= 0.6 is 11.3 Å². The van der Waals surface area contributed by atoms with Gasteiger partial charge < -0.3 is 39.9 Å². The average Bonchev–Trinajstić information content (AvgIpc) is 4.07. The molecule has 0 unspecified atom stereocenters.